The van der Waals surface area contributed by atoms with Crippen LogP contribution in [0.5, 0.6) is 0 Å². The predicted octanol–water partition coefficient (Wildman–Crippen LogP) is 1.69. The highest BCUT2D eigenvalue weighted by Crippen LogP contribution is 2.30. The molecule has 3 heterocycles. The average Bonchev–Trinajstić information content (AvgIpc) is 3.65. The Hall–Kier alpha value is -4.10. The number of hydrogen-bond donors (Lipinski definition) is 3. The molecule has 1 aliphatic heterocycles. The summed E-state index contributed by atoms with van der Waals surface area (Å²) in [5, 5.41) is 22.9. The van der Waals surface area contributed by atoms with E-state index in [1.807, 2.05) is 30.3 Å². The average molecular weight is 542 g/mol. The topological polar surface area (TPSA) is 171 Å². The lowest BCUT2D eigenvalue weighted by Crippen LogP contribution is -2.39. The lowest BCUT2D eigenvalue weighted by Gasteiger charge is -2.26. The van der Waals surface area contributed by atoms with E-state index in [9.17, 15) is 22.8 Å². The van der Waals surface area contributed by atoms with Crippen molar-refractivity contribution in [3.8, 4) is 11.3 Å². The molecule has 2 aromatic heterocycles. The van der Waals surface area contributed by atoms with Crippen molar-refractivity contribution in [3.05, 3.63) is 60.2 Å². The SMILES string of the molecule is O=C(Nc1nc2cccc(-c3ccc(CN4CCS(=O)(=O)CC4)cc3)n2n1)C1CC1.O=C(O)/C=C/C(=O)O. The molecule has 1 saturated carbocycles. The number of rotatable bonds is 7. The standard InChI is InChI=1S/C21H23N5O3S.C4H4O4/c27-20(17-8-9-17)23-21-22-19-3-1-2-18(26(19)24-21)16-6-4-15(5-7-16)14-25-10-12-30(28,29)13-11-25;5-3(6)1-2-4(7)8/h1-7,17H,8-14H2,(H,23,24,27);1-2H,(H,5,6)(H,7,8)/b;2-1+. The fraction of sp³-hybridized carbons (Fsp3) is 0.320. The third-order valence-electron chi connectivity index (χ3n) is 6.00. The first kappa shape index (κ1) is 26.9. The summed E-state index contributed by atoms with van der Waals surface area (Å²) in [6, 6.07) is 14.0. The quantitative estimate of drug-likeness (QED) is 0.374. The Morgan fingerprint density at radius 3 is 2.18 bits per heavy atom. The van der Waals surface area contributed by atoms with Crippen molar-refractivity contribution < 1.29 is 33.0 Å². The molecule has 0 atom stereocenters. The Bertz CT molecular complexity index is 1450. The van der Waals surface area contributed by atoms with Crippen molar-refractivity contribution in [2.45, 2.75) is 19.4 Å². The third-order valence-corrected chi connectivity index (χ3v) is 7.61. The number of nitrogens with one attached hydrogen (secondary N) is 1. The number of carbonyl (C=O) groups excluding carboxylic acids is 1. The van der Waals surface area contributed by atoms with Gasteiger partial charge in [-0.3, -0.25) is 15.0 Å². The molecule has 38 heavy (non-hydrogen) atoms. The van der Waals surface area contributed by atoms with Crippen LogP contribution in [0.4, 0.5) is 5.95 Å². The van der Waals surface area contributed by atoms with Gasteiger partial charge in [-0.1, -0.05) is 30.3 Å². The van der Waals surface area contributed by atoms with Crippen molar-refractivity contribution in [2.75, 3.05) is 29.9 Å². The predicted molar refractivity (Wildman–Crippen MR) is 138 cm³/mol. The van der Waals surface area contributed by atoms with E-state index in [0.717, 1.165) is 36.2 Å². The molecule has 0 unspecified atom stereocenters. The third kappa shape index (κ3) is 7.46. The maximum atomic E-state index is 12.0. The number of hydrogen-bond acceptors (Lipinski definition) is 8. The summed E-state index contributed by atoms with van der Waals surface area (Å²) in [5.74, 6) is -1.63. The summed E-state index contributed by atoms with van der Waals surface area (Å²) in [6.45, 7) is 1.90. The Labute approximate surface area is 218 Å². The normalized spacial score (nSPS) is 17.1. The lowest BCUT2D eigenvalue weighted by atomic mass is 10.1. The summed E-state index contributed by atoms with van der Waals surface area (Å²) >= 11 is 0. The summed E-state index contributed by atoms with van der Waals surface area (Å²) in [6.07, 6.45) is 2.98. The van der Waals surface area contributed by atoms with E-state index in [0.29, 0.717) is 36.8 Å². The molecule has 3 N–H and O–H groups in total. The van der Waals surface area contributed by atoms with E-state index in [2.05, 4.69) is 32.4 Å². The number of fused-ring (bicyclic) bond motifs is 1. The zero-order valence-corrected chi connectivity index (χ0v) is 21.2. The molecule has 2 aliphatic rings. The molecule has 0 radical (unpaired) electrons. The van der Waals surface area contributed by atoms with E-state index in [1.54, 1.807) is 4.52 Å². The number of anilines is 1. The zero-order chi connectivity index (χ0) is 27.3. The minimum absolute atomic E-state index is 0.0117. The van der Waals surface area contributed by atoms with Gasteiger partial charge in [0.25, 0.3) is 0 Å². The molecular weight excluding hydrogens is 514 g/mol. The van der Waals surface area contributed by atoms with Gasteiger partial charge in [-0.25, -0.2) is 22.5 Å². The number of amides is 1. The molecule has 0 spiro atoms. The summed E-state index contributed by atoms with van der Waals surface area (Å²) < 4.78 is 24.9. The molecule has 1 amide bonds. The summed E-state index contributed by atoms with van der Waals surface area (Å²) in [7, 11) is -2.86. The van der Waals surface area contributed by atoms with Gasteiger partial charge in [0.05, 0.1) is 17.2 Å². The van der Waals surface area contributed by atoms with Gasteiger partial charge in [0, 0.05) is 43.3 Å². The molecule has 1 aliphatic carbocycles. The maximum absolute atomic E-state index is 12.0. The number of benzene rings is 1. The van der Waals surface area contributed by atoms with Gasteiger partial charge in [0.15, 0.2) is 15.5 Å². The van der Waals surface area contributed by atoms with Crippen LogP contribution in [0.2, 0.25) is 0 Å². The maximum Gasteiger partial charge on any atom is 0.328 e. The number of pyridine rings is 1. The first-order valence-electron chi connectivity index (χ1n) is 11.9. The number of carboxylic acid groups (broad SMARTS) is 2. The number of carboxylic acids is 2. The van der Waals surface area contributed by atoms with E-state index in [4.69, 9.17) is 10.2 Å². The van der Waals surface area contributed by atoms with E-state index < -0.39 is 21.8 Å². The minimum Gasteiger partial charge on any atom is -0.478 e. The van der Waals surface area contributed by atoms with Crippen molar-refractivity contribution in [2.24, 2.45) is 5.92 Å². The van der Waals surface area contributed by atoms with Crippen molar-refractivity contribution >= 4 is 39.3 Å². The molecule has 12 nitrogen and oxygen atoms in total. The lowest BCUT2D eigenvalue weighted by molar-refractivity contribution is -0.134. The molecule has 1 saturated heterocycles. The van der Waals surface area contributed by atoms with Gasteiger partial charge in [0.1, 0.15) is 0 Å². The Kier molecular flexibility index (Phi) is 8.17. The number of nitrogens with zero attached hydrogens (tertiary/aromatic N) is 4. The molecule has 3 aromatic rings. The van der Waals surface area contributed by atoms with Gasteiger partial charge >= 0.3 is 11.9 Å². The first-order chi connectivity index (χ1) is 18.1. The Morgan fingerprint density at radius 2 is 1.61 bits per heavy atom. The van der Waals surface area contributed by atoms with E-state index in [-0.39, 0.29) is 23.3 Å². The minimum atomic E-state index is -2.86. The van der Waals surface area contributed by atoms with Crippen LogP contribution in [0.3, 0.4) is 0 Å². The second-order valence-corrected chi connectivity index (χ2v) is 11.3. The number of aliphatic carboxylic acids is 2. The molecule has 2 fully saturated rings. The van der Waals surface area contributed by atoms with Crippen molar-refractivity contribution in [1.82, 2.24) is 19.5 Å². The molecule has 13 heteroatoms. The second-order valence-electron chi connectivity index (χ2n) is 9.01. The summed E-state index contributed by atoms with van der Waals surface area (Å²) in [5.41, 5.74) is 3.71. The van der Waals surface area contributed by atoms with Crippen LogP contribution < -0.4 is 5.32 Å². The largest absolute Gasteiger partial charge is 0.478 e. The van der Waals surface area contributed by atoms with Gasteiger partial charge in [-0.15, -0.1) is 5.10 Å². The number of sulfone groups is 1. The summed E-state index contributed by atoms with van der Waals surface area (Å²) in [4.78, 5) is 37.7. The monoisotopic (exact) mass is 541 g/mol. The Morgan fingerprint density at radius 1 is 0.974 bits per heavy atom. The van der Waals surface area contributed by atoms with Crippen LogP contribution in [-0.4, -0.2) is 80.6 Å². The van der Waals surface area contributed by atoms with E-state index >= 15 is 0 Å². The zero-order valence-electron chi connectivity index (χ0n) is 20.4. The van der Waals surface area contributed by atoms with Crippen molar-refractivity contribution in [1.29, 1.82) is 0 Å². The number of carbonyl (C=O) groups is 3. The molecule has 5 rings (SSSR count). The molecular formula is C25H27N5O7S. The highest BCUT2D eigenvalue weighted by atomic mass is 32.2. The fourth-order valence-electron chi connectivity index (χ4n) is 3.82. The van der Waals surface area contributed by atoms with Gasteiger partial charge in [-0.2, -0.15) is 4.98 Å². The molecule has 0 bridgehead atoms. The number of aromatic nitrogens is 3. The fourth-order valence-corrected chi connectivity index (χ4v) is 5.10. The van der Waals surface area contributed by atoms with Gasteiger partial charge in [-0.05, 0) is 30.5 Å². The first-order valence-corrected chi connectivity index (χ1v) is 13.7. The van der Waals surface area contributed by atoms with Crippen molar-refractivity contribution in [3.63, 3.8) is 0 Å². The highest BCUT2D eigenvalue weighted by molar-refractivity contribution is 7.91. The van der Waals surface area contributed by atoms with Crippen LogP contribution in [0, 0.1) is 5.92 Å². The molecule has 200 valence electrons. The smallest absolute Gasteiger partial charge is 0.328 e. The molecule has 1 aromatic carbocycles. The van der Waals surface area contributed by atoms with Crippen LogP contribution >= 0.6 is 0 Å². The van der Waals surface area contributed by atoms with Crippen LogP contribution in [-0.2, 0) is 30.8 Å². The van der Waals surface area contributed by atoms with E-state index in [1.165, 1.54) is 0 Å². The Balaban J connectivity index is 0.000000368. The highest BCUT2D eigenvalue weighted by Gasteiger charge is 2.30. The van der Waals surface area contributed by atoms with Crippen LogP contribution in [0.25, 0.3) is 16.9 Å². The van der Waals surface area contributed by atoms with Gasteiger partial charge in [0.2, 0.25) is 11.9 Å². The van der Waals surface area contributed by atoms with Gasteiger partial charge < -0.3 is 10.2 Å². The van der Waals surface area contributed by atoms with Crippen LogP contribution in [0.15, 0.2) is 54.6 Å². The second kappa shape index (κ2) is 11.5. The van der Waals surface area contributed by atoms with Crippen LogP contribution in [0.1, 0.15) is 18.4 Å².